The van der Waals surface area contributed by atoms with Gasteiger partial charge in [-0.25, -0.2) is 0 Å². The van der Waals surface area contributed by atoms with Crippen molar-refractivity contribution in [3.05, 3.63) is 35.9 Å². The molecule has 0 radical (unpaired) electrons. The molecule has 13 heavy (non-hydrogen) atoms. The minimum absolute atomic E-state index is 0. The lowest BCUT2D eigenvalue weighted by molar-refractivity contribution is 0.423. The zero-order valence-electron chi connectivity index (χ0n) is 7.79. The average molecular weight is 180 g/mol. The number of benzene rings is 1. The number of hydrogen-bond acceptors (Lipinski definition) is 1. The van der Waals surface area contributed by atoms with E-state index in [1.807, 2.05) is 6.07 Å². The number of epoxide rings is 1. The highest BCUT2D eigenvalue weighted by atomic mass is 16.6. The summed E-state index contributed by atoms with van der Waals surface area (Å²) in [5, 5.41) is 0. The molecule has 0 spiro atoms. The lowest BCUT2D eigenvalue weighted by atomic mass is 10.2. The molecule has 0 aromatic heterocycles. The molecule has 1 heterocycles. The predicted molar refractivity (Wildman–Crippen MR) is 58.0 cm³/mol. The van der Waals surface area contributed by atoms with Gasteiger partial charge in [-0.3, -0.25) is 0 Å². The van der Waals surface area contributed by atoms with Crippen LogP contribution < -0.4 is 0 Å². The van der Waals surface area contributed by atoms with Crippen LogP contribution in [-0.4, -0.2) is 12.7 Å². The summed E-state index contributed by atoms with van der Waals surface area (Å²) in [5.41, 5.74) is 1.41. The Morgan fingerprint density at radius 2 is 1.77 bits per heavy atom. The van der Waals surface area contributed by atoms with Gasteiger partial charge in [0, 0.05) is 0 Å². The van der Waals surface area contributed by atoms with Crippen LogP contribution in [0.3, 0.4) is 0 Å². The maximum absolute atomic E-state index is 4.71. The number of aryl methyl sites for hydroxylation is 1. The molecular weight excluding hydrogens is 160 g/mol. The van der Waals surface area contributed by atoms with Crippen molar-refractivity contribution in [1.29, 1.82) is 0 Å². The zero-order chi connectivity index (χ0) is 8.81. The van der Waals surface area contributed by atoms with Crippen LogP contribution in [0, 0.1) is 0 Å². The molecule has 0 N–H and O–H groups in total. The number of rotatable bonds is 1. The Labute approximate surface area is 81.7 Å². The van der Waals surface area contributed by atoms with E-state index in [9.17, 15) is 0 Å². The van der Waals surface area contributed by atoms with Crippen LogP contribution in [0.15, 0.2) is 30.3 Å². The minimum Gasteiger partial charge on any atom is -0.373 e. The molecule has 1 nitrogen and oxygen atoms in total. The molecule has 0 aliphatic carbocycles. The number of hydrogen-bond donors (Lipinski definition) is 0. The van der Waals surface area contributed by atoms with Gasteiger partial charge in [0.25, 0.3) is 0 Å². The van der Waals surface area contributed by atoms with Gasteiger partial charge in [-0.05, 0) is 18.9 Å². The molecule has 74 valence electrons. The first-order valence-corrected chi connectivity index (χ1v) is 4.48. The van der Waals surface area contributed by atoms with Gasteiger partial charge >= 0.3 is 0 Å². The van der Waals surface area contributed by atoms with E-state index < -0.39 is 0 Å². The van der Waals surface area contributed by atoms with Gasteiger partial charge < -0.3 is 4.74 Å². The minimum atomic E-state index is 0. The van der Waals surface area contributed by atoms with Crippen LogP contribution in [0.4, 0.5) is 0 Å². The smallest absolute Gasteiger partial charge is 0.0781 e. The van der Waals surface area contributed by atoms with Crippen LogP contribution in [0.2, 0.25) is 0 Å². The van der Waals surface area contributed by atoms with Crippen molar-refractivity contribution in [2.75, 3.05) is 6.61 Å². The van der Waals surface area contributed by atoms with Gasteiger partial charge in [-0.2, -0.15) is 0 Å². The van der Waals surface area contributed by atoms with E-state index >= 15 is 0 Å². The third-order valence-corrected chi connectivity index (χ3v) is 1.75. The van der Waals surface area contributed by atoms with Crippen LogP contribution in [0.1, 0.15) is 26.8 Å². The Morgan fingerprint density at radius 3 is 2.00 bits per heavy atom. The molecule has 1 fully saturated rings. The standard InChI is InChI=1S/C8H10.C3H6O.CH4/c1-2-8-6-4-3-5-7-8;1-3-2-4-3;/h3-7H,2H2,1H3;3H,2H2,1H3;1H4. The van der Waals surface area contributed by atoms with Gasteiger partial charge in [-0.15, -0.1) is 0 Å². The Balaban J connectivity index is 0.000000245. The second-order valence-corrected chi connectivity index (χ2v) is 2.98. The van der Waals surface area contributed by atoms with Crippen molar-refractivity contribution < 1.29 is 4.74 Å². The molecule has 0 bridgehead atoms. The topological polar surface area (TPSA) is 12.5 Å². The normalized spacial score (nSPS) is 17.8. The van der Waals surface area contributed by atoms with Crippen LogP contribution in [0.25, 0.3) is 0 Å². The molecule has 1 aliphatic rings. The zero-order valence-corrected chi connectivity index (χ0v) is 7.79. The summed E-state index contributed by atoms with van der Waals surface area (Å²) < 4.78 is 4.71. The summed E-state index contributed by atoms with van der Waals surface area (Å²) in [6.45, 7) is 5.20. The highest BCUT2D eigenvalue weighted by Gasteiger charge is 2.13. The van der Waals surface area contributed by atoms with E-state index in [1.54, 1.807) is 0 Å². The quantitative estimate of drug-likeness (QED) is 0.604. The van der Waals surface area contributed by atoms with E-state index in [1.165, 1.54) is 5.56 Å². The summed E-state index contributed by atoms with van der Waals surface area (Å²) in [4.78, 5) is 0. The van der Waals surface area contributed by atoms with Gasteiger partial charge in [-0.1, -0.05) is 44.7 Å². The molecule has 0 saturated carbocycles. The Morgan fingerprint density at radius 1 is 1.31 bits per heavy atom. The van der Waals surface area contributed by atoms with Crippen molar-refractivity contribution in [3.8, 4) is 0 Å². The summed E-state index contributed by atoms with van der Waals surface area (Å²) in [6.07, 6.45) is 1.72. The largest absolute Gasteiger partial charge is 0.373 e. The van der Waals surface area contributed by atoms with Crippen LogP contribution in [0.5, 0.6) is 0 Å². The SMILES string of the molecule is C.CC1CO1.CCc1ccccc1. The number of ether oxygens (including phenoxy) is 1. The molecule has 1 saturated heterocycles. The molecule has 1 aromatic carbocycles. The van der Waals surface area contributed by atoms with Crippen molar-refractivity contribution in [2.24, 2.45) is 0 Å². The van der Waals surface area contributed by atoms with E-state index in [-0.39, 0.29) is 7.43 Å². The monoisotopic (exact) mass is 180 g/mol. The third kappa shape index (κ3) is 6.35. The highest BCUT2D eigenvalue weighted by molar-refractivity contribution is 5.13. The van der Waals surface area contributed by atoms with Crippen molar-refractivity contribution in [1.82, 2.24) is 0 Å². The Hall–Kier alpha value is -0.820. The average Bonchev–Trinajstić information content (AvgIpc) is 2.90. The lowest BCUT2D eigenvalue weighted by Gasteiger charge is -1.89. The van der Waals surface area contributed by atoms with Crippen molar-refractivity contribution in [3.63, 3.8) is 0 Å². The predicted octanol–water partition coefficient (Wildman–Crippen LogP) is 3.29. The molecule has 1 atom stereocenters. The summed E-state index contributed by atoms with van der Waals surface area (Å²) in [5.74, 6) is 0. The summed E-state index contributed by atoms with van der Waals surface area (Å²) in [6, 6.07) is 10.5. The first kappa shape index (κ1) is 12.2. The van der Waals surface area contributed by atoms with Crippen molar-refractivity contribution in [2.45, 2.75) is 33.8 Å². The molecule has 1 aromatic rings. The highest BCUT2D eigenvalue weighted by Crippen LogP contribution is 2.04. The van der Waals surface area contributed by atoms with Gasteiger partial charge in [0.1, 0.15) is 0 Å². The molecule has 2 rings (SSSR count). The van der Waals surface area contributed by atoms with Crippen LogP contribution in [-0.2, 0) is 11.2 Å². The maximum Gasteiger partial charge on any atom is 0.0781 e. The lowest BCUT2D eigenvalue weighted by Crippen LogP contribution is -1.73. The van der Waals surface area contributed by atoms with Gasteiger partial charge in [0.2, 0.25) is 0 Å². The Kier molecular flexibility index (Phi) is 6.25. The van der Waals surface area contributed by atoms with E-state index in [0.29, 0.717) is 6.10 Å². The van der Waals surface area contributed by atoms with E-state index in [4.69, 9.17) is 4.74 Å². The second kappa shape index (κ2) is 6.67. The Bertz CT molecular complexity index is 202. The molecule has 0 amide bonds. The van der Waals surface area contributed by atoms with Crippen LogP contribution >= 0.6 is 0 Å². The molecule has 1 aliphatic heterocycles. The third-order valence-electron chi connectivity index (χ3n) is 1.75. The summed E-state index contributed by atoms with van der Waals surface area (Å²) >= 11 is 0. The molecule has 1 unspecified atom stereocenters. The van der Waals surface area contributed by atoms with E-state index in [0.717, 1.165) is 13.0 Å². The first-order chi connectivity index (χ1) is 5.83. The fourth-order valence-electron chi connectivity index (χ4n) is 0.810. The fourth-order valence-corrected chi connectivity index (χ4v) is 0.810. The maximum atomic E-state index is 4.71. The molecular formula is C12H20O. The van der Waals surface area contributed by atoms with Crippen molar-refractivity contribution >= 4 is 0 Å². The second-order valence-electron chi connectivity index (χ2n) is 2.98. The van der Waals surface area contributed by atoms with Gasteiger partial charge in [0.05, 0.1) is 12.7 Å². The summed E-state index contributed by atoms with van der Waals surface area (Å²) in [7, 11) is 0. The van der Waals surface area contributed by atoms with E-state index in [2.05, 4.69) is 38.1 Å². The van der Waals surface area contributed by atoms with Gasteiger partial charge in [0.15, 0.2) is 0 Å². The molecule has 1 heteroatoms. The fraction of sp³-hybridized carbons (Fsp3) is 0.500. The first-order valence-electron chi connectivity index (χ1n) is 4.48.